The monoisotopic (exact) mass is 547 g/mol. The van der Waals surface area contributed by atoms with Crippen molar-refractivity contribution < 1.29 is 23.7 Å². The summed E-state index contributed by atoms with van der Waals surface area (Å²) in [5, 5.41) is 0.949. The SMILES string of the molecule is COc1cccc(COc2ccc3c(c2)c(-c2ccc(OCC4CC4)cc2)c(C=O)n3Cc2cccc(OC)c2)c1. The highest BCUT2D eigenvalue weighted by molar-refractivity contribution is 6.05. The molecule has 1 aliphatic carbocycles. The molecule has 0 spiro atoms. The van der Waals surface area contributed by atoms with Crippen molar-refractivity contribution in [2.75, 3.05) is 20.8 Å². The second-order valence-corrected chi connectivity index (χ2v) is 10.4. The molecule has 1 heterocycles. The number of hydrogen-bond acceptors (Lipinski definition) is 5. The van der Waals surface area contributed by atoms with Gasteiger partial charge in [0.05, 0.1) is 26.5 Å². The molecule has 208 valence electrons. The molecule has 0 amide bonds. The summed E-state index contributed by atoms with van der Waals surface area (Å²) in [5.74, 6) is 3.82. The van der Waals surface area contributed by atoms with Crippen molar-refractivity contribution in [3.8, 4) is 34.1 Å². The number of carbonyl (C=O) groups excluding carboxylic acids is 1. The summed E-state index contributed by atoms with van der Waals surface area (Å²) >= 11 is 0. The maximum atomic E-state index is 12.7. The van der Waals surface area contributed by atoms with Crippen LogP contribution >= 0.6 is 0 Å². The molecule has 0 bridgehead atoms. The van der Waals surface area contributed by atoms with Crippen LogP contribution in [0.2, 0.25) is 0 Å². The fraction of sp³-hybridized carbons (Fsp3) is 0.229. The molecular weight excluding hydrogens is 514 g/mol. The zero-order valence-electron chi connectivity index (χ0n) is 23.3. The number of aldehydes is 1. The molecule has 0 unspecified atom stereocenters. The fourth-order valence-corrected chi connectivity index (χ4v) is 5.14. The number of hydrogen-bond donors (Lipinski definition) is 0. The maximum Gasteiger partial charge on any atom is 0.167 e. The first kappa shape index (κ1) is 26.5. The lowest BCUT2D eigenvalue weighted by molar-refractivity contribution is 0.111. The highest BCUT2D eigenvalue weighted by Gasteiger charge is 2.22. The smallest absolute Gasteiger partial charge is 0.167 e. The van der Waals surface area contributed by atoms with Crippen molar-refractivity contribution in [3.05, 3.63) is 108 Å². The molecule has 6 nitrogen and oxygen atoms in total. The van der Waals surface area contributed by atoms with Crippen molar-refractivity contribution in [1.29, 1.82) is 0 Å². The molecule has 4 aromatic carbocycles. The van der Waals surface area contributed by atoms with Gasteiger partial charge in [0, 0.05) is 23.0 Å². The summed E-state index contributed by atoms with van der Waals surface area (Å²) in [4.78, 5) is 12.7. The third-order valence-electron chi connectivity index (χ3n) is 7.53. The van der Waals surface area contributed by atoms with E-state index in [2.05, 4.69) is 4.57 Å². The van der Waals surface area contributed by atoms with Crippen molar-refractivity contribution in [2.45, 2.75) is 26.0 Å². The van der Waals surface area contributed by atoms with E-state index in [1.807, 2.05) is 91.0 Å². The van der Waals surface area contributed by atoms with Gasteiger partial charge in [-0.25, -0.2) is 0 Å². The van der Waals surface area contributed by atoms with Gasteiger partial charge in [0.25, 0.3) is 0 Å². The van der Waals surface area contributed by atoms with E-state index in [4.69, 9.17) is 18.9 Å². The predicted octanol–water partition coefficient (Wildman–Crippen LogP) is 7.55. The number of methoxy groups -OCH3 is 2. The molecular formula is C35H33NO5. The Balaban J connectivity index is 1.39. The number of carbonyl (C=O) groups is 1. The Labute approximate surface area is 240 Å². The molecule has 1 aliphatic rings. The lowest BCUT2D eigenvalue weighted by atomic mass is 10.0. The van der Waals surface area contributed by atoms with E-state index < -0.39 is 0 Å². The highest BCUT2D eigenvalue weighted by Crippen LogP contribution is 2.38. The maximum absolute atomic E-state index is 12.7. The van der Waals surface area contributed by atoms with E-state index in [0.29, 0.717) is 24.8 Å². The lowest BCUT2D eigenvalue weighted by Gasteiger charge is -2.11. The van der Waals surface area contributed by atoms with E-state index in [-0.39, 0.29) is 0 Å². The number of aromatic nitrogens is 1. The van der Waals surface area contributed by atoms with Gasteiger partial charge in [0.1, 0.15) is 29.6 Å². The Morgan fingerprint density at radius 1 is 0.756 bits per heavy atom. The average molecular weight is 548 g/mol. The minimum Gasteiger partial charge on any atom is -0.497 e. The summed E-state index contributed by atoms with van der Waals surface area (Å²) in [6.45, 7) is 1.68. The number of benzene rings is 4. The highest BCUT2D eigenvalue weighted by atomic mass is 16.5. The molecule has 0 atom stereocenters. The molecule has 0 N–H and O–H groups in total. The Hall–Kier alpha value is -4.71. The first-order valence-corrected chi connectivity index (χ1v) is 13.9. The summed E-state index contributed by atoms with van der Waals surface area (Å²) in [5.41, 5.74) is 5.43. The van der Waals surface area contributed by atoms with E-state index in [1.54, 1.807) is 14.2 Å². The van der Waals surface area contributed by atoms with Gasteiger partial charge in [0.15, 0.2) is 6.29 Å². The molecule has 41 heavy (non-hydrogen) atoms. The second kappa shape index (κ2) is 11.8. The molecule has 0 radical (unpaired) electrons. The van der Waals surface area contributed by atoms with Crippen LogP contribution in [0.3, 0.4) is 0 Å². The van der Waals surface area contributed by atoms with Crippen LogP contribution in [0.25, 0.3) is 22.0 Å². The number of ether oxygens (including phenoxy) is 4. The van der Waals surface area contributed by atoms with Crippen LogP contribution in [-0.2, 0) is 13.2 Å². The summed E-state index contributed by atoms with van der Waals surface area (Å²) in [6, 6.07) is 29.8. The van der Waals surface area contributed by atoms with Crippen LogP contribution in [-0.4, -0.2) is 31.7 Å². The van der Waals surface area contributed by atoms with Crippen molar-refractivity contribution >= 4 is 17.2 Å². The Kier molecular flexibility index (Phi) is 7.63. The molecule has 1 fully saturated rings. The zero-order chi connectivity index (χ0) is 28.2. The minimum atomic E-state index is 0.399. The lowest BCUT2D eigenvalue weighted by Crippen LogP contribution is -2.04. The van der Waals surface area contributed by atoms with Gasteiger partial charge < -0.3 is 23.5 Å². The molecule has 1 saturated carbocycles. The largest absolute Gasteiger partial charge is 0.497 e. The third-order valence-corrected chi connectivity index (χ3v) is 7.53. The molecule has 1 aromatic heterocycles. The molecule has 0 aliphatic heterocycles. The molecule has 5 aromatic rings. The van der Waals surface area contributed by atoms with Crippen molar-refractivity contribution in [1.82, 2.24) is 4.57 Å². The minimum absolute atomic E-state index is 0.399. The molecule has 6 heteroatoms. The van der Waals surface area contributed by atoms with Crippen LogP contribution < -0.4 is 18.9 Å². The van der Waals surface area contributed by atoms with E-state index in [9.17, 15) is 4.79 Å². The summed E-state index contributed by atoms with van der Waals surface area (Å²) in [7, 11) is 3.31. The third kappa shape index (κ3) is 5.92. The zero-order valence-corrected chi connectivity index (χ0v) is 23.3. The van der Waals surface area contributed by atoms with Gasteiger partial charge in [-0.05, 0) is 90.0 Å². The van der Waals surface area contributed by atoms with E-state index >= 15 is 0 Å². The number of nitrogens with zero attached hydrogens (tertiary/aromatic N) is 1. The molecule has 0 saturated heterocycles. The Morgan fingerprint density at radius 3 is 2.12 bits per heavy atom. The Bertz CT molecular complexity index is 1670. The van der Waals surface area contributed by atoms with Gasteiger partial charge in [-0.1, -0.05) is 36.4 Å². The first-order valence-electron chi connectivity index (χ1n) is 13.9. The normalized spacial score (nSPS) is 12.7. The van der Waals surface area contributed by atoms with Crippen molar-refractivity contribution in [2.24, 2.45) is 5.92 Å². The summed E-state index contributed by atoms with van der Waals surface area (Å²) < 4.78 is 25.0. The topological polar surface area (TPSA) is 58.9 Å². The Morgan fingerprint density at radius 2 is 1.44 bits per heavy atom. The molecule has 6 rings (SSSR count). The van der Waals surface area contributed by atoms with Gasteiger partial charge >= 0.3 is 0 Å². The van der Waals surface area contributed by atoms with Gasteiger partial charge in [-0.3, -0.25) is 4.79 Å². The summed E-state index contributed by atoms with van der Waals surface area (Å²) in [6.07, 6.45) is 3.44. The van der Waals surface area contributed by atoms with Gasteiger partial charge in [-0.2, -0.15) is 0 Å². The number of rotatable bonds is 12. The van der Waals surface area contributed by atoms with Gasteiger partial charge in [0.2, 0.25) is 0 Å². The van der Waals surface area contributed by atoms with Gasteiger partial charge in [-0.15, -0.1) is 0 Å². The van der Waals surface area contributed by atoms with Crippen LogP contribution in [0.4, 0.5) is 0 Å². The van der Waals surface area contributed by atoms with Crippen LogP contribution in [0.5, 0.6) is 23.0 Å². The van der Waals surface area contributed by atoms with Crippen LogP contribution in [0, 0.1) is 5.92 Å². The standard InChI is InChI=1S/C35H33NO5/c1-38-29-7-3-5-25(17-29)20-36-33-16-15-31(41-23-26-6-4-8-30(18-26)39-2)19-32(33)35(34(36)21-37)27-11-13-28(14-12-27)40-22-24-9-10-24/h3-8,11-19,21,24H,9-10,20,22-23H2,1-2H3. The van der Waals surface area contributed by atoms with E-state index in [1.165, 1.54) is 12.8 Å². The van der Waals surface area contributed by atoms with Crippen molar-refractivity contribution in [3.63, 3.8) is 0 Å². The van der Waals surface area contributed by atoms with E-state index in [0.717, 1.165) is 69.0 Å². The van der Waals surface area contributed by atoms with Crippen LogP contribution in [0.1, 0.15) is 34.5 Å². The number of fused-ring (bicyclic) bond motifs is 1. The fourth-order valence-electron chi connectivity index (χ4n) is 5.14. The predicted molar refractivity (Wildman–Crippen MR) is 160 cm³/mol. The average Bonchev–Trinajstić information content (AvgIpc) is 3.81. The second-order valence-electron chi connectivity index (χ2n) is 10.4. The first-order chi connectivity index (χ1) is 20.1. The van der Waals surface area contributed by atoms with Crippen LogP contribution in [0.15, 0.2) is 91.0 Å². The quantitative estimate of drug-likeness (QED) is 0.151.